The van der Waals surface area contributed by atoms with Crippen LogP contribution in [0, 0.1) is 13.8 Å². The fourth-order valence-electron chi connectivity index (χ4n) is 2.11. The van der Waals surface area contributed by atoms with Crippen molar-refractivity contribution in [3.05, 3.63) is 28.8 Å². The van der Waals surface area contributed by atoms with Crippen molar-refractivity contribution in [2.45, 2.75) is 32.2 Å². The number of phenolic OH excluding ortho intramolecular Hbond substituents is 1. The molecule has 1 aliphatic carbocycles. The number of aryl methyl sites for hydroxylation is 2. The smallest absolute Gasteiger partial charge is 0.116 e. The lowest BCUT2D eigenvalue weighted by Crippen LogP contribution is -2.21. The number of hydrogen-bond donors (Lipinski definition) is 2. The summed E-state index contributed by atoms with van der Waals surface area (Å²) in [4.78, 5) is 0. The first-order chi connectivity index (χ1) is 6.03. The average Bonchev–Trinajstić information content (AvgIpc) is 2.65. The maximum absolute atomic E-state index is 9.36. The zero-order valence-corrected chi connectivity index (χ0v) is 8.09. The minimum atomic E-state index is -0.0954. The van der Waals surface area contributed by atoms with Gasteiger partial charge in [-0.05, 0) is 55.5 Å². The fraction of sp³-hybridized carbons (Fsp3) is 0.455. The lowest BCUT2D eigenvalue weighted by molar-refractivity contribution is 0.473. The molecular weight excluding hydrogens is 162 g/mol. The Kier molecular flexibility index (Phi) is 1.64. The third-order valence-electron chi connectivity index (χ3n) is 2.80. The predicted octanol–water partition coefficient (Wildman–Crippen LogP) is 1.96. The van der Waals surface area contributed by atoms with E-state index in [4.69, 9.17) is 5.73 Å². The van der Waals surface area contributed by atoms with E-state index in [1.165, 1.54) is 5.56 Å². The second kappa shape index (κ2) is 2.48. The van der Waals surface area contributed by atoms with Gasteiger partial charge in [0.25, 0.3) is 0 Å². The van der Waals surface area contributed by atoms with Gasteiger partial charge in [-0.3, -0.25) is 0 Å². The molecule has 70 valence electrons. The molecule has 0 amide bonds. The van der Waals surface area contributed by atoms with Crippen molar-refractivity contribution in [2.75, 3.05) is 0 Å². The molecular formula is C11H15NO. The Hall–Kier alpha value is -1.02. The molecule has 1 fully saturated rings. The molecule has 0 atom stereocenters. The summed E-state index contributed by atoms with van der Waals surface area (Å²) >= 11 is 0. The van der Waals surface area contributed by atoms with Gasteiger partial charge < -0.3 is 10.8 Å². The summed E-state index contributed by atoms with van der Waals surface area (Å²) in [7, 11) is 0. The SMILES string of the molecule is Cc1cc(O)cc(C)c1C1(N)CC1. The highest BCUT2D eigenvalue weighted by molar-refractivity contribution is 5.46. The van der Waals surface area contributed by atoms with E-state index in [9.17, 15) is 5.11 Å². The van der Waals surface area contributed by atoms with E-state index in [-0.39, 0.29) is 5.54 Å². The molecule has 0 spiro atoms. The maximum Gasteiger partial charge on any atom is 0.116 e. The van der Waals surface area contributed by atoms with Crippen molar-refractivity contribution in [2.24, 2.45) is 5.73 Å². The van der Waals surface area contributed by atoms with Crippen molar-refractivity contribution in [1.29, 1.82) is 0 Å². The van der Waals surface area contributed by atoms with Gasteiger partial charge in [0.15, 0.2) is 0 Å². The van der Waals surface area contributed by atoms with Crippen LogP contribution < -0.4 is 5.73 Å². The van der Waals surface area contributed by atoms with Crippen LogP contribution in [0.2, 0.25) is 0 Å². The van der Waals surface area contributed by atoms with Crippen LogP contribution >= 0.6 is 0 Å². The number of nitrogens with two attached hydrogens (primary N) is 1. The molecule has 2 heteroatoms. The van der Waals surface area contributed by atoms with Gasteiger partial charge in [0, 0.05) is 5.54 Å². The van der Waals surface area contributed by atoms with Crippen molar-refractivity contribution >= 4 is 0 Å². The first kappa shape index (κ1) is 8.57. The van der Waals surface area contributed by atoms with E-state index < -0.39 is 0 Å². The number of rotatable bonds is 1. The van der Waals surface area contributed by atoms with Crippen molar-refractivity contribution < 1.29 is 5.11 Å². The molecule has 2 nitrogen and oxygen atoms in total. The molecule has 0 heterocycles. The van der Waals surface area contributed by atoms with Gasteiger partial charge in [-0.25, -0.2) is 0 Å². The van der Waals surface area contributed by atoms with Crippen LogP contribution in [0.1, 0.15) is 29.5 Å². The van der Waals surface area contributed by atoms with Crippen LogP contribution in [0.5, 0.6) is 5.75 Å². The van der Waals surface area contributed by atoms with Crippen LogP contribution in [-0.2, 0) is 5.54 Å². The number of phenols is 1. The third-order valence-corrected chi connectivity index (χ3v) is 2.80. The number of benzene rings is 1. The number of aromatic hydroxyl groups is 1. The Balaban J connectivity index is 2.57. The van der Waals surface area contributed by atoms with Gasteiger partial charge in [0.1, 0.15) is 5.75 Å². The fourth-order valence-corrected chi connectivity index (χ4v) is 2.11. The predicted molar refractivity (Wildman–Crippen MR) is 52.7 cm³/mol. The molecule has 0 saturated heterocycles. The Morgan fingerprint density at radius 1 is 1.23 bits per heavy atom. The second-order valence-corrected chi connectivity index (χ2v) is 4.11. The largest absolute Gasteiger partial charge is 0.508 e. The van der Waals surface area contributed by atoms with E-state index in [0.29, 0.717) is 5.75 Å². The number of hydrogen-bond acceptors (Lipinski definition) is 2. The Labute approximate surface area is 78.4 Å². The topological polar surface area (TPSA) is 46.2 Å². The van der Waals surface area contributed by atoms with Crippen LogP contribution in [0.3, 0.4) is 0 Å². The van der Waals surface area contributed by atoms with Gasteiger partial charge >= 0.3 is 0 Å². The molecule has 1 saturated carbocycles. The molecule has 0 unspecified atom stereocenters. The second-order valence-electron chi connectivity index (χ2n) is 4.11. The van der Waals surface area contributed by atoms with Crippen LogP contribution in [-0.4, -0.2) is 5.11 Å². The Morgan fingerprint density at radius 3 is 2.08 bits per heavy atom. The molecule has 0 radical (unpaired) electrons. The van der Waals surface area contributed by atoms with E-state index in [2.05, 4.69) is 0 Å². The Bertz CT molecular complexity index is 330. The van der Waals surface area contributed by atoms with E-state index in [1.807, 2.05) is 13.8 Å². The summed E-state index contributed by atoms with van der Waals surface area (Å²) < 4.78 is 0. The molecule has 0 bridgehead atoms. The molecule has 0 aromatic heterocycles. The van der Waals surface area contributed by atoms with Gasteiger partial charge in [-0.2, -0.15) is 0 Å². The van der Waals surface area contributed by atoms with Gasteiger partial charge in [0.2, 0.25) is 0 Å². The van der Waals surface area contributed by atoms with Crippen molar-refractivity contribution in [1.82, 2.24) is 0 Å². The summed E-state index contributed by atoms with van der Waals surface area (Å²) in [5.74, 6) is 0.336. The summed E-state index contributed by atoms with van der Waals surface area (Å²) in [5, 5.41) is 9.36. The van der Waals surface area contributed by atoms with Gasteiger partial charge in [0.05, 0.1) is 0 Å². The highest BCUT2D eigenvalue weighted by atomic mass is 16.3. The van der Waals surface area contributed by atoms with Crippen LogP contribution in [0.15, 0.2) is 12.1 Å². The molecule has 1 aromatic carbocycles. The first-order valence-corrected chi connectivity index (χ1v) is 4.62. The summed E-state index contributed by atoms with van der Waals surface area (Å²) in [6.07, 6.45) is 2.14. The normalized spacial score (nSPS) is 18.7. The van der Waals surface area contributed by atoms with Gasteiger partial charge in [-0.1, -0.05) is 0 Å². The quantitative estimate of drug-likeness (QED) is 0.688. The summed E-state index contributed by atoms with van der Waals surface area (Å²) in [6.45, 7) is 4.02. The molecule has 3 N–H and O–H groups in total. The van der Waals surface area contributed by atoms with E-state index >= 15 is 0 Å². The zero-order valence-electron chi connectivity index (χ0n) is 8.09. The highest BCUT2D eigenvalue weighted by Crippen LogP contribution is 2.46. The monoisotopic (exact) mass is 177 g/mol. The van der Waals surface area contributed by atoms with Crippen molar-refractivity contribution in [3.8, 4) is 5.75 Å². The van der Waals surface area contributed by atoms with E-state index in [0.717, 1.165) is 24.0 Å². The van der Waals surface area contributed by atoms with Crippen LogP contribution in [0.4, 0.5) is 0 Å². The molecule has 1 aliphatic rings. The average molecular weight is 177 g/mol. The lowest BCUT2D eigenvalue weighted by atomic mass is 9.94. The lowest BCUT2D eigenvalue weighted by Gasteiger charge is -2.16. The minimum Gasteiger partial charge on any atom is -0.508 e. The first-order valence-electron chi connectivity index (χ1n) is 4.62. The zero-order chi connectivity index (χ0) is 9.64. The third kappa shape index (κ3) is 1.31. The highest BCUT2D eigenvalue weighted by Gasteiger charge is 2.42. The van der Waals surface area contributed by atoms with Crippen LogP contribution in [0.25, 0.3) is 0 Å². The Morgan fingerprint density at radius 2 is 1.69 bits per heavy atom. The van der Waals surface area contributed by atoms with Crippen molar-refractivity contribution in [3.63, 3.8) is 0 Å². The summed E-state index contributed by atoms with van der Waals surface area (Å²) in [5.41, 5.74) is 9.49. The molecule has 0 aliphatic heterocycles. The standard InChI is InChI=1S/C11H15NO/c1-7-5-9(13)6-8(2)10(7)11(12)3-4-11/h5-6,13H,3-4,12H2,1-2H3. The van der Waals surface area contributed by atoms with Gasteiger partial charge in [-0.15, -0.1) is 0 Å². The maximum atomic E-state index is 9.36. The molecule has 1 aromatic rings. The summed E-state index contributed by atoms with van der Waals surface area (Å²) in [6, 6.07) is 3.57. The van der Waals surface area contributed by atoms with E-state index in [1.54, 1.807) is 12.1 Å². The molecule has 13 heavy (non-hydrogen) atoms. The minimum absolute atomic E-state index is 0.0954. The molecule has 2 rings (SSSR count).